The Labute approximate surface area is 114 Å². The smallest absolute Gasteiger partial charge is 0.185 e. The first-order valence-corrected chi connectivity index (χ1v) is 7.52. The first-order valence-electron chi connectivity index (χ1n) is 7.52. The van der Waals surface area contributed by atoms with Crippen molar-refractivity contribution in [3.8, 4) is 0 Å². The lowest BCUT2D eigenvalue weighted by atomic mass is 10.1. The molecule has 0 aromatic rings. The molecule has 0 bridgehead atoms. The summed E-state index contributed by atoms with van der Waals surface area (Å²) in [6.07, 6.45) is 10.7. The molecule has 0 saturated carbocycles. The van der Waals surface area contributed by atoms with Crippen LogP contribution in [0, 0.1) is 0 Å². The summed E-state index contributed by atoms with van der Waals surface area (Å²) in [5.41, 5.74) is 0. The molecule has 18 heavy (non-hydrogen) atoms. The van der Waals surface area contributed by atoms with Gasteiger partial charge in [0.1, 0.15) is 0 Å². The van der Waals surface area contributed by atoms with Crippen molar-refractivity contribution in [3.63, 3.8) is 0 Å². The number of quaternary nitrogens is 1. The van der Waals surface area contributed by atoms with Crippen LogP contribution in [-0.2, 0) is 9.47 Å². The van der Waals surface area contributed by atoms with Gasteiger partial charge in [-0.15, -0.1) is 0 Å². The van der Waals surface area contributed by atoms with Crippen LogP contribution in [0.4, 0.5) is 0 Å². The quantitative estimate of drug-likeness (QED) is 0.285. The van der Waals surface area contributed by atoms with Crippen LogP contribution in [0.1, 0.15) is 58.3 Å². The zero-order chi connectivity index (χ0) is 13.7. The molecular weight excluding hydrogens is 226 g/mol. The molecule has 0 aromatic carbocycles. The summed E-state index contributed by atoms with van der Waals surface area (Å²) in [4.78, 5) is 0. The molecular formula is C15H34NO2+. The van der Waals surface area contributed by atoms with E-state index >= 15 is 0 Å². The first kappa shape index (κ1) is 17.9. The molecule has 0 aliphatic carbocycles. The lowest BCUT2D eigenvalue weighted by molar-refractivity contribution is -0.891. The van der Waals surface area contributed by atoms with Crippen LogP contribution in [0.2, 0.25) is 0 Å². The Morgan fingerprint density at radius 1 is 0.722 bits per heavy atom. The molecule has 0 fully saturated rings. The van der Waals surface area contributed by atoms with E-state index in [0.29, 0.717) is 13.5 Å². The molecule has 110 valence electrons. The molecule has 3 heteroatoms. The van der Waals surface area contributed by atoms with Crippen molar-refractivity contribution >= 4 is 0 Å². The molecule has 0 saturated heterocycles. The molecule has 0 heterocycles. The van der Waals surface area contributed by atoms with Crippen LogP contribution < -0.4 is 0 Å². The molecule has 0 aromatic heterocycles. The molecule has 0 amide bonds. The van der Waals surface area contributed by atoms with Gasteiger partial charge in [0.05, 0.1) is 21.1 Å². The molecule has 0 aliphatic rings. The van der Waals surface area contributed by atoms with Crippen LogP contribution in [-0.4, -0.2) is 45.8 Å². The van der Waals surface area contributed by atoms with E-state index < -0.39 is 0 Å². The standard InChI is InChI=1S/C15H34NO2/c1-5-6-7-8-9-10-11-12-13-17-15-18-14-16(2,3)4/h5-15H2,1-4H3/q+1. The van der Waals surface area contributed by atoms with E-state index in [1.54, 1.807) is 0 Å². The van der Waals surface area contributed by atoms with Crippen LogP contribution >= 0.6 is 0 Å². The third kappa shape index (κ3) is 15.9. The van der Waals surface area contributed by atoms with E-state index in [4.69, 9.17) is 9.47 Å². The number of ether oxygens (including phenoxy) is 2. The van der Waals surface area contributed by atoms with E-state index in [1.807, 2.05) is 0 Å². The summed E-state index contributed by atoms with van der Waals surface area (Å²) in [5.74, 6) is 0. The number of unbranched alkanes of at least 4 members (excludes halogenated alkanes) is 7. The van der Waals surface area contributed by atoms with Gasteiger partial charge in [0, 0.05) is 6.61 Å². The Morgan fingerprint density at radius 2 is 1.28 bits per heavy atom. The number of nitrogens with zero attached hydrogens (tertiary/aromatic N) is 1. The van der Waals surface area contributed by atoms with Crippen molar-refractivity contribution in [2.24, 2.45) is 0 Å². The maximum atomic E-state index is 5.44. The van der Waals surface area contributed by atoms with Crippen molar-refractivity contribution < 1.29 is 14.0 Å². The van der Waals surface area contributed by atoms with Crippen LogP contribution in [0.25, 0.3) is 0 Å². The summed E-state index contributed by atoms with van der Waals surface area (Å²) in [7, 11) is 6.33. The van der Waals surface area contributed by atoms with Crippen molar-refractivity contribution in [2.75, 3.05) is 41.3 Å². The van der Waals surface area contributed by atoms with Gasteiger partial charge in [-0.2, -0.15) is 0 Å². The Morgan fingerprint density at radius 3 is 1.83 bits per heavy atom. The maximum absolute atomic E-state index is 5.44. The van der Waals surface area contributed by atoms with Crippen molar-refractivity contribution in [2.45, 2.75) is 58.3 Å². The predicted molar refractivity (Wildman–Crippen MR) is 77.4 cm³/mol. The van der Waals surface area contributed by atoms with Crippen molar-refractivity contribution in [3.05, 3.63) is 0 Å². The Balaban J connectivity index is 2.99. The highest BCUT2D eigenvalue weighted by Crippen LogP contribution is 2.08. The van der Waals surface area contributed by atoms with E-state index in [2.05, 4.69) is 28.1 Å². The normalized spacial score (nSPS) is 12.0. The van der Waals surface area contributed by atoms with Crippen LogP contribution in [0.3, 0.4) is 0 Å². The molecule has 0 N–H and O–H groups in total. The first-order chi connectivity index (χ1) is 8.56. The molecule has 0 radical (unpaired) electrons. The van der Waals surface area contributed by atoms with Gasteiger partial charge in [-0.3, -0.25) is 0 Å². The molecule has 0 rings (SSSR count). The average Bonchev–Trinajstić information content (AvgIpc) is 2.29. The summed E-state index contributed by atoms with van der Waals surface area (Å²) in [6, 6.07) is 0. The lowest BCUT2D eigenvalue weighted by Gasteiger charge is -2.23. The van der Waals surface area contributed by atoms with Crippen LogP contribution in [0.15, 0.2) is 0 Å². The number of rotatable bonds is 13. The topological polar surface area (TPSA) is 18.5 Å². The third-order valence-corrected chi connectivity index (χ3v) is 2.79. The van der Waals surface area contributed by atoms with E-state index in [0.717, 1.165) is 11.1 Å². The summed E-state index contributed by atoms with van der Waals surface area (Å²) >= 11 is 0. The zero-order valence-corrected chi connectivity index (χ0v) is 13.0. The van der Waals surface area contributed by atoms with Gasteiger partial charge in [-0.25, -0.2) is 0 Å². The van der Waals surface area contributed by atoms with Gasteiger partial charge in [0.2, 0.25) is 0 Å². The highest BCUT2D eigenvalue weighted by Gasteiger charge is 2.05. The van der Waals surface area contributed by atoms with E-state index in [9.17, 15) is 0 Å². The molecule has 0 unspecified atom stereocenters. The largest absolute Gasteiger partial charge is 0.355 e. The maximum Gasteiger partial charge on any atom is 0.185 e. The molecule has 0 atom stereocenters. The summed E-state index contributed by atoms with van der Waals surface area (Å²) in [5, 5.41) is 0. The van der Waals surface area contributed by atoms with Crippen molar-refractivity contribution in [1.82, 2.24) is 0 Å². The fraction of sp³-hybridized carbons (Fsp3) is 1.00. The summed E-state index contributed by atoms with van der Waals surface area (Å²) in [6.45, 7) is 4.24. The fourth-order valence-corrected chi connectivity index (χ4v) is 1.77. The number of hydrogen-bond acceptors (Lipinski definition) is 2. The van der Waals surface area contributed by atoms with Gasteiger partial charge in [0.15, 0.2) is 13.5 Å². The lowest BCUT2D eigenvalue weighted by Crippen LogP contribution is -2.37. The van der Waals surface area contributed by atoms with Crippen molar-refractivity contribution in [1.29, 1.82) is 0 Å². The minimum atomic E-state index is 0.437. The molecule has 0 spiro atoms. The second-order valence-electron chi connectivity index (χ2n) is 6.12. The monoisotopic (exact) mass is 260 g/mol. The fourth-order valence-electron chi connectivity index (χ4n) is 1.77. The van der Waals surface area contributed by atoms with Crippen LogP contribution in [0.5, 0.6) is 0 Å². The van der Waals surface area contributed by atoms with Gasteiger partial charge >= 0.3 is 0 Å². The van der Waals surface area contributed by atoms with E-state index in [1.165, 1.54) is 51.4 Å². The van der Waals surface area contributed by atoms with E-state index in [-0.39, 0.29) is 0 Å². The molecule has 3 nitrogen and oxygen atoms in total. The Hall–Kier alpha value is -0.120. The second-order valence-corrected chi connectivity index (χ2v) is 6.12. The van der Waals surface area contributed by atoms with Gasteiger partial charge in [-0.1, -0.05) is 51.9 Å². The molecule has 0 aliphatic heterocycles. The average molecular weight is 260 g/mol. The Kier molecular flexibility index (Phi) is 11.9. The van der Waals surface area contributed by atoms with Gasteiger partial charge in [-0.05, 0) is 6.42 Å². The number of hydrogen-bond donors (Lipinski definition) is 0. The second kappa shape index (κ2) is 11.9. The minimum Gasteiger partial charge on any atom is -0.355 e. The van der Waals surface area contributed by atoms with Gasteiger partial charge in [0.25, 0.3) is 0 Å². The SMILES string of the molecule is CCCCCCCCCCOCOC[N+](C)(C)C. The highest BCUT2D eigenvalue weighted by molar-refractivity contribution is 4.45. The highest BCUT2D eigenvalue weighted by atomic mass is 16.7. The predicted octanol–water partition coefficient (Wildman–Crippen LogP) is 3.78. The van der Waals surface area contributed by atoms with Gasteiger partial charge < -0.3 is 14.0 Å². The summed E-state index contributed by atoms with van der Waals surface area (Å²) < 4.78 is 11.7. The Bertz CT molecular complexity index is 166. The zero-order valence-electron chi connectivity index (χ0n) is 13.0. The minimum absolute atomic E-state index is 0.437. The third-order valence-electron chi connectivity index (χ3n) is 2.79.